The van der Waals surface area contributed by atoms with E-state index in [1.807, 2.05) is 12.3 Å². The molecule has 3 heteroatoms. The summed E-state index contributed by atoms with van der Waals surface area (Å²) < 4.78 is 1.11. The predicted molar refractivity (Wildman–Crippen MR) is 77.1 cm³/mol. The first-order valence-corrected chi connectivity index (χ1v) is 7.42. The van der Waals surface area contributed by atoms with E-state index in [0.717, 1.165) is 16.7 Å². The topological polar surface area (TPSA) is 24.9 Å². The van der Waals surface area contributed by atoms with Gasteiger partial charge in [-0.3, -0.25) is 4.98 Å². The van der Waals surface area contributed by atoms with Gasteiger partial charge in [0.1, 0.15) is 0 Å². The molecule has 1 aromatic heterocycles. The number of halogens is 1. The molecule has 0 spiro atoms. The Morgan fingerprint density at radius 2 is 2.12 bits per heavy atom. The Bertz CT molecular complexity index is 315. The Balaban J connectivity index is 2.56. The summed E-state index contributed by atoms with van der Waals surface area (Å²) >= 11 is 3.59. The van der Waals surface area contributed by atoms with Gasteiger partial charge in [0.25, 0.3) is 0 Å². The summed E-state index contributed by atoms with van der Waals surface area (Å²) in [6.45, 7) is 5.38. The molecule has 0 aliphatic rings. The van der Waals surface area contributed by atoms with Gasteiger partial charge < -0.3 is 5.32 Å². The van der Waals surface area contributed by atoms with Crippen molar-refractivity contribution in [3.8, 4) is 0 Å². The van der Waals surface area contributed by atoms with Gasteiger partial charge in [-0.15, -0.1) is 0 Å². The van der Waals surface area contributed by atoms with Crippen LogP contribution in [0.2, 0.25) is 0 Å². The molecule has 0 bridgehead atoms. The Hall–Kier alpha value is -0.410. The summed E-state index contributed by atoms with van der Waals surface area (Å²) in [6, 6.07) is 4.42. The number of nitrogens with one attached hydrogen (secondary N) is 1. The minimum absolute atomic E-state index is 0.382. The van der Waals surface area contributed by atoms with Crippen LogP contribution in [-0.4, -0.2) is 11.5 Å². The van der Waals surface area contributed by atoms with E-state index in [9.17, 15) is 0 Å². The molecule has 1 atom stereocenters. The average Bonchev–Trinajstić information content (AvgIpc) is 2.34. The maximum absolute atomic E-state index is 4.49. The van der Waals surface area contributed by atoms with E-state index in [-0.39, 0.29) is 0 Å². The molecule has 1 aromatic rings. The van der Waals surface area contributed by atoms with E-state index in [1.54, 1.807) is 0 Å². The SMILES string of the molecule is CCCCCCC(NCC)c1ncccc1Br. The molecule has 1 N–H and O–H groups in total. The van der Waals surface area contributed by atoms with Crippen LogP contribution in [0.4, 0.5) is 0 Å². The molecule has 2 nitrogen and oxygen atoms in total. The van der Waals surface area contributed by atoms with Crippen molar-refractivity contribution >= 4 is 15.9 Å². The van der Waals surface area contributed by atoms with Crippen LogP contribution in [0.1, 0.15) is 57.7 Å². The quantitative estimate of drug-likeness (QED) is 0.717. The van der Waals surface area contributed by atoms with Gasteiger partial charge in [-0.2, -0.15) is 0 Å². The number of rotatable bonds is 8. The molecule has 0 saturated carbocycles. The second-order valence-corrected chi connectivity index (χ2v) is 5.18. The van der Waals surface area contributed by atoms with Crippen molar-refractivity contribution in [2.45, 2.75) is 52.0 Å². The van der Waals surface area contributed by atoms with Crippen molar-refractivity contribution < 1.29 is 0 Å². The summed E-state index contributed by atoms with van der Waals surface area (Å²) in [5.74, 6) is 0. The maximum atomic E-state index is 4.49. The van der Waals surface area contributed by atoms with Crippen LogP contribution in [0.15, 0.2) is 22.8 Å². The van der Waals surface area contributed by atoms with Gasteiger partial charge in [0.2, 0.25) is 0 Å². The molecule has 0 fully saturated rings. The standard InChI is InChI=1S/C14H23BrN2/c1-3-5-6-7-10-13(16-4-2)14-12(15)9-8-11-17-14/h8-9,11,13,16H,3-7,10H2,1-2H3. The summed E-state index contributed by atoms with van der Waals surface area (Å²) in [5.41, 5.74) is 1.14. The minimum Gasteiger partial charge on any atom is -0.309 e. The van der Waals surface area contributed by atoms with Gasteiger partial charge in [-0.05, 0) is 41.0 Å². The van der Waals surface area contributed by atoms with Crippen molar-refractivity contribution in [3.63, 3.8) is 0 Å². The van der Waals surface area contributed by atoms with Crippen LogP contribution in [-0.2, 0) is 0 Å². The summed E-state index contributed by atoms with van der Waals surface area (Å²) in [5, 5.41) is 3.52. The first-order valence-electron chi connectivity index (χ1n) is 6.63. The molecule has 0 aromatic carbocycles. The van der Waals surface area contributed by atoms with E-state index < -0.39 is 0 Å². The molecule has 0 saturated heterocycles. The van der Waals surface area contributed by atoms with Gasteiger partial charge in [-0.25, -0.2) is 0 Å². The van der Waals surface area contributed by atoms with Gasteiger partial charge in [0.05, 0.1) is 11.7 Å². The smallest absolute Gasteiger partial charge is 0.0714 e. The molecule has 0 aliphatic carbocycles. The van der Waals surface area contributed by atoms with E-state index in [4.69, 9.17) is 0 Å². The van der Waals surface area contributed by atoms with Gasteiger partial charge >= 0.3 is 0 Å². The molecule has 1 heterocycles. The third-order valence-electron chi connectivity index (χ3n) is 2.91. The van der Waals surface area contributed by atoms with Crippen molar-refractivity contribution in [2.75, 3.05) is 6.54 Å². The lowest BCUT2D eigenvalue weighted by atomic mass is 10.0. The van der Waals surface area contributed by atoms with Crippen LogP contribution < -0.4 is 5.32 Å². The van der Waals surface area contributed by atoms with Gasteiger partial charge in [-0.1, -0.05) is 39.5 Å². The van der Waals surface area contributed by atoms with E-state index in [2.05, 4.69) is 46.1 Å². The van der Waals surface area contributed by atoms with Crippen molar-refractivity contribution in [1.82, 2.24) is 10.3 Å². The van der Waals surface area contributed by atoms with Crippen LogP contribution in [0.3, 0.4) is 0 Å². The number of nitrogens with zero attached hydrogens (tertiary/aromatic N) is 1. The van der Waals surface area contributed by atoms with Crippen molar-refractivity contribution in [1.29, 1.82) is 0 Å². The highest BCUT2D eigenvalue weighted by Gasteiger charge is 2.13. The predicted octanol–water partition coefficient (Wildman–Crippen LogP) is 4.47. The largest absolute Gasteiger partial charge is 0.309 e. The number of hydrogen-bond acceptors (Lipinski definition) is 2. The first kappa shape index (κ1) is 14.7. The molecule has 0 aliphatic heterocycles. The highest BCUT2D eigenvalue weighted by molar-refractivity contribution is 9.10. The second-order valence-electron chi connectivity index (χ2n) is 4.33. The molecule has 0 amide bonds. The summed E-state index contributed by atoms with van der Waals surface area (Å²) in [6.07, 6.45) is 8.26. The fourth-order valence-corrected chi connectivity index (χ4v) is 2.54. The van der Waals surface area contributed by atoms with Crippen LogP contribution >= 0.6 is 15.9 Å². The fourth-order valence-electron chi connectivity index (χ4n) is 2.01. The van der Waals surface area contributed by atoms with Crippen LogP contribution in [0, 0.1) is 0 Å². The van der Waals surface area contributed by atoms with Crippen LogP contribution in [0.5, 0.6) is 0 Å². The highest BCUT2D eigenvalue weighted by atomic mass is 79.9. The molecule has 96 valence electrons. The Morgan fingerprint density at radius 3 is 2.76 bits per heavy atom. The summed E-state index contributed by atoms with van der Waals surface area (Å²) in [7, 11) is 0. The third-order valence-corrected chi connectivity index (χ3v) is 3.58. The molecule has 1 rings (SSSR count). The molecule has 1 unspecified atom stereocenters. The number of hydrogen-bond donors (Lipinski definition) is 1. The zero-order valence-corrected chi connectivity index (χ0v) is 12.5. The van der Waals surface area contributed by atoms with E-state index in [1.165, 1.54) is 32.1 Å². The average molecular weight is 299 g/mol. The zero-order valence-electron chi connectivity index (χ0n) is 10.9. The number of aromatic nitrogens is 1. The zero-order chi connectivity index (χ0) is 12.5. The lowest BCUT2D eigenvalue weighted by Gasteiger charge is -2.18. The number of unbranched alkanes of at least 4 members (excludes halogenated alkanes) is 3. The molecular formula is C14H23BrN2. The summed E-state index contributed by atoms with van der Waals surface area (Å²) in [4.78, 5) is 4.49. The lowest BCUT2D eigenvalue weighted by Crippen LogP contribution is -2.22. The Labute approximate surface area is 113 Å². The third kappa shape index (κ3) is 5.17. The maximum Gasteiger partial charge on any atom is 0.0714 e. The fraction of sp³-hybridized carbons (Fsp3) is 0.643. The Kier molecular flexibility index (Phi) is 7.45. The van der Waals surface area contributed by atoms with Crippen molar-refractivity contribution in [2.24, 2.45) is 0 Å². The first-order chi connectivity index (χ1) is 8.29. The monoisotopic (exact) mass is 298 g/mol. The van der Waals surface area contributed by atoms with Crippen molar-refractivity contribution in [3.05, 3.63) is 28.5 Å². The van der Waals surface area contributed by atoms with Gasteiger partial charge in [0.15, 0.2) is 0 Å². The highest BCUT2D eigenvalue weighted by Crippen LogP contribution is 2.25. The molecule has 0 radical (unpaired) electrons. The lowest BCUT2D eigenvalue weighted by molar-refractivity contribution is 0.471. The van der Waals surface area contributed by atoms with Crippen LogP contribution in [0.25, 0.3) is 0 Å². The van der Waals surface area contributed by atoms with E-state index >= 15 is 0 Å². The molecule has 17 heavy (non-hydrogen) atoms. The second kappa shape index (κ2) is 8.65. The molecular weight excluding hydrogens is 276 g/mol. The normalized spacial score (nSPS) is 12.6. The van der Waals surface area contributed by atoms with Gasteiger partial charge in [0, 0.05) is 10.7 Å². The minimum atomic E-state index is 0.382. The Morgan fingerprint density at radius 1 is 1.29 bits per heavy atom. The van der Waals surface area contributed by atoms with E-state index in [0.29, 0.717) is 6.04 Å². The number of pyridine rings is 1.